The molecule has 0 aliphatic carbocycles. The predicted molar refractivity (Wildman–Crippen MR) is 176 cm³/mol. The standard InChI is InChI=1S/C33H62NO10P/c1-3-5-7-9-11-13-15-17-18-20-22-24-31(35)41-26-29(27-42-45(39,40)43-28-30(34)33(37)38)44-32(36)25-23-21-19-16-14-12-10-8-6-4-2/h9,11,29-30H,3-8,10,12-28,34H2,1-2H3,(H,37,38)(H,39,40)/b11-9+/t29-,30+/m1/s1. The number of hydrogen-bond acceptors (Lipinski definition) is 9. The van der Waals surface area contributed by atoms with Crippen LogP contribution < -0.4 is 5.73 Å². The Morgan fingerprint density at radius 3 is 1.69 bits per heavy atom. The summed E-state index contributed by atoms with van der Waals surface area (Å²) in [5, 5.41) is 8.82. The highest BCUT2D eigenvalue weighted by Crippen LogP contribution is 2.43. The van der Waals surface area contributed by atoms with Crippen LogP contribution in [0.4, 0.5) is 0 Å². The number of phosphoric ester groups is 1. The van der Waals surface area contributed by atoms with Crippen molar-refractivity contribution in [2.45, 2.75) is 161 Å². The van der Waals surface area contributed by atoms with E-state index in [4.69, 9.17) is 24.8 Å². The van der Waals surface area contributed by atoms with Gasteiger partial charge in [-0.25, -0.2) is 4.57 Å². The third-order valence-corrected chi connectivity index (χ3v) is 8.21. The molecule has 4 N–H and O–H groups in total. The smallest absolute Gasteiger partial charge is 0.472 e. The fourth-order valence-corrected chi connectivity index (χ4v) is 5.23. The molecule has 12 heteroatoms. The van der Waals surface area contributed by atoms with Gasteiger partial charge >= 0.3 is 25.7 Å². The van der Waals surface area contributed by atoms with Gasteiger partial charge in [0.15, 0.2) is 6.10 Å². The van der Waals surface area contributed by atoms with Crippen molar-refractivity contribution in [3.8, 4) is 0 Å². The lowest BCUT2D eigenvalue weighted by Crippen LogP contribution is -2.34. The lowest BCUT2D eigenvalue weighted by Gasteiger charge is -2.20. The summed E-state index contributed by atoms with van der Waals surface area (Å²) in [7, 11) is -4.70. The number of carboxylic acids is 1. The van der Waals surface area contributed by atoms with E-state index in [1.165, 1.54) is 51.4 Å². The van der Waals surface area contributed by atoms with Gasteiger partial charge < -0.3 is 25.2 Å². The van der Waals surface area contributed by atoms with E-state index in [9.17, 15) is 23.8 Å². The number of allylic oxidation sites excluding steroid dienone is 2. The molecule has 0 fully saturated rings. The van der Waals surface area contributed by atoms with Crippen LogP contribution >= 0.6 is 7.82 Å². The molecule has 45 heavy (non-hydrogen) atoms. The Morgan fingerprint density at radius 1 is 0.667 bits per heavy atom. The molecule has 11 nitrogen and oxygen atoms in total. The Labute approximate surface area is 271 Å². The van der Waals surface area contributed by atoms with Gasteiger partial charge in [0.1, 0.15) is 12.6 Å². The number of unbranched alkanes of at least 4 members (excludes halogenated alkanes) is 16. The normalized spacial score (nSPS) is 14.2. The summed E-state index contributed by atoms with van der Waals surface area (Å²) >= 11 is 0. The maximum absolute atomic E-state index is 12.5. The molecule has 0 heterocycles. The number of phosphoric acid groups is 1. The van der Waals surface area contributed by atoms with Gasteiger partial charge in [0, 0.05) is 12.8 Å². The molecule has 1 unspecified atom stereocenters. The van der Waals surface area contributed by atoms with Gasteiger partial charge in [-0.1, -0.05) is 116 Å². The number of ether oxygens (including phenoxy) is 2. The fraction of sp³-hybridized carbons (Fsp3) is 0.848. The van der Waals surface area contributed by atoms with Gasteiger partial charge in [-0.2, -0.15) is 0 Å². The van der Waals surface area contributed by atoms with E-state index in [1.807, 2.05) is 0 Å². The van der Waals surface area contributed by atoms with Gasteiger partial charge in [-0.3, -0.25) is 23.4 Å². The Balaban J connectivity index is 4.51. The number of carbonyl (C=O) groups is 3. The zero-order valence-corrected chi connectivity index (χ0v) is 28.9. The lowest BCUT2D eigenvalue weighted by atomic mass is 10.1. The van der Waals surface area contributed by atoms with Crippen LogP contribution in [0, 0.1) is 0 Å². The second-order valence-electron chi connectivity index (χ2n) is 11.7. The molecule has 0 aromatic carbocycles. The minimum atomic E-state index is -4.70. The Bertz CT molecular complexity index is 838. The number of carbonyl (C=O) groups excluding carboxylic acids is 2. The molecule has 0 saturated carbocycles. The quantitative estimate of drug-likeness (QED) is 0.0278. The zero-order chi connectivity index (χ0) is 33.6. The second kappa shape index (κ2) is 29.6. The topological polar surface area (TPSA) is 172 Å². The number of esters is 2. The van der Waals surface area contributed by atoms with Crippen LogP contribution in [-0.2, 0) is 37.5 Å². The summed E-state index contributed by atoms with van der Waals surface area (Å²) < 4.78 is 32.4. The summed E-state index contributed by atoms with van der Waals surface area (Å²) in [5.41, 5.74) is 5.29. The molecule has 0 aromatic heterocycles. The first-order valence-electron chi connectivity index (χ1n) is 17.2. The molecule has 0 aromatic rings. The number of carboxylic acid groups (broad SMARTS) is 1. The summed E-state index contributed by atoms with van der Waals surface area (Å²) in [6.45, 7) is 2.70. The molecule has 0 spiro atoms. The number of hydrogen-bond donors (Lipinski definition) is 3. The molecule has 0 aliphatic rings. The van der Waals surface area contributed by atoms with E-state index >= 15 is 0 Å². The maximum atomic E-state index is 12.5. The Morgan fingerprint density at radius 2 is 1.13 bits per heavy atom. The van der Waals surface area contributed by atoms with Crippen molar-refractivity contribution >= 4 is 25.7 Å². The Hall–Kier alpha value is -1.78. The first-order valence-corrected chi connectivity index (χ1v) is 18.7. The zero-order valence-electron chi connectivity index (χ0n) is 28.0. The van der Waals surface area contributed by atoms with Crippen LogP contribution in [0.15, 0.2) is 12.2 Å². The number of rotatable bonds is 32. The first kappa shape index (κ1) is 43.2. The van der Waals surface area contributed by atoms with Gasteiger partial charge in [0.2, 0.25) is 0 Å². The number of nitrogens with two attached hydrogens (primary N) is 1. The van der Waals surface area contributed by atoms with Crippen LogP contribution in [0.3, 0.4) is 0 Å². The Kier molecular flexibility index (Phi) is 28.4. The minimum absolute atomic E-state index is 0.163. The average molecular weight is 664 g/mol. The largest absolute Gasteiger partial charge is 0.480 e. The van der Waals surface area contributed by atoms with Gasteiger partial charge in [0.25, 0.3) is 0 Å². The van der Waals surface area contributed by atoms with E-state index in [1.54, 1.807) is 0 Å². The molecular formula is C33H62NO10P. The van der Waals surface area contributed by atoms with E-state index in [0.29, 0.717) is 12.8 Å². The molecule has 0 aliphatic heterocycles. The third kappa shape index (κ3) is 29.4. The molecule has 3 atom stereocenters. The highest BCUT2D eigenvalue weighted by Gasteiger charge is 2.28. The van der Waals surface area contributed by atoms with Gasteiger partial charge in [0.05, 0.1) is 13.2 Å². The highest BCUT2D eigenvalue weighted by atomic mass is 31.2. The van der Waals surface area contributed by atoms with E-state index in [0.717, 1.165) is 57.8 Å². The van der Waals surface area contributed by atoms with Crippen LogP contribution in [0.25, 0.3) is 0 Å². The van der Waals surface area contributed by atoms with E-state index in [-0.39, 0.29) is 19.4 Å². The number of aliphatic carboxylic acids is 1. The van der Waals surface area contributed by atoms with Crippen LogP contribution in [-0.4, -0.2) is 59.9 Å². The molecule has 264 valence electrons. The van der Waals surface area contributed by atoms with Crippen molar-refractivity contribution in [3.05, 3.63) is 12.2 Å². The molecule has 0 radical (unpaired) electrons. The SMILES string of the molecule is CCCC/C=C/CCCCCCCC(=O)OC[C@H](COP(=O)(O)OC[C@H](N)C(=O)O)OC(=O)CCCCCCCCCCCC. The molecular weight excluding hydrogens is 601 g/mol. The summed E-state index contributed by atoms with van der Waals surface area (Å²) in [5.74, 6) is -2.39. The van der Waals surface area contributed by atoms with Crippen molar-refractivity contribution in [2.24, 2.45) is 5.73 Å². The summed E-state index contributed by atoms with van der Waals surface area (Å²) in [6, 6.07) is -1.52. The van der Waals surface area contributed by atoms with Crippen LogP contribution in [0.5, 0.6) is 0 Å². The van der Waals surface area contributed by atoms with Crippen molar-refractivity contribution in [1.29, 1.82) is 0 Å². The van der Waals surface area contributed by atoms with Crippen molar-refractivity contribution in [3.63, 3.8) is 0 Å². The highest BCUT2D eigenvalue weighted by molar-refractivity contribution is 7.47. The average Bonchev–Trinajstić information content (AvgIpc) is 3.00. The second-order valence-corrected chi connectivity index (χ2v) is 13.1. The van der Waals surface area contributed by atoms with Gasteiger partial charge in [-0.05, 0) is 32.1 Å². The first-order chi connectivity index (χ1) is 21.6. The van der Waals surface area contributed by atoms with Gasteiger partial charge in [-0.15, -0.1) is 0 Å². The lowest BCUT2D eigenvalue weighted by molar-refractivity contribution is -0.161. The predicted octanol–water partition coefficient (Wildman–Crippen LogP) is 7.78. The molecule has 0 bridgehead atoms. The monoisotopic (exact) mass is 663 g/mol. The van der Waals surface area contributed by atoms with Crippen molar-refractivity contribution in [1.82, 2.24) is 0 Å². The molecule has 0 amide bonds. The van der Waals surface area contributed by atoms with Crippen LogP contribution in [0.1, 0.15) is 149 Å². The summed E-state index contributed by atoms with van der Waals surface area (Å²) in [6.07, 6.45) is 24.4. The van der Waals surface area contributed by atoms with Crippen LogP contribution in [0.2, 0.25) is 0 Å². The fourth-order valence-electron chi connectivity index (χ4n) is 4.46. The molecule has 0 rings (SSSR count). The third-order valence-electron chi connectivity index (χ3n) is 7.26. The maximum Gasteiger partial charge on any atom is 0.472 e. The van der Waals surface area contributed by atoms with Crippen molar-refractivity contribution < 1.29 is 47.5 Å². The van der Waals surface area contributed by atoms with Crippen molar-refractivity contribution in [2.75, 3.05) is 19.8 Å². The van der Waals surface area contributed by atoms with E-state index < -0.39 is 51.1 Å². The van der Waals surface area contributed by atoms with E-state index in [2.05, 4.69) is 30.5 Å². The minimum Gasteiger partial charge on any atom is -0.480 e. The molecule has 0 saturated heterocycles. The summed E-state index contributed by atoms with van der Waals surface area (Å²) in [4.78, 5) is 45.5.